The fourth-order valence-corrected chi connectivity index (χ4v) is 1.41. The third kappa shape index (κ3) is 2.66. The molecule has 0 saturated heterocycles. The van der Waals surface area contributed by atoms with E-state index in [0.29, 0.717) is 12.2 Å². The molecule has 2 rings (SSSR count). The molecule has 1 aromatic carbocycles. The first-order valence-corrected chi connectivity index (χ1v) is 4.88. The Kier molecular flexibility index (Phi) is 2.95. The average molecular weight is 217 g/mol. The number of carboxylic acid groups (broad SMARTS) is 1. The average Bonchev–Trinajstić information content (AvgIpc) is 2.66. The van der Waals surface area contributed by atoms with E-state index in [1.165, 1.54) is 11.0 Å². The van der Waals surface area contributed by atoms with Gasteiger partial charge in [0.2, 0.25) is 0 Å². The van der Waals surface area contributed by atoms with Gasteiger partial charge in [0.05, 0.1) is 0 Å². The summed E-state index contributed by atoms with van der Waals surface area (Å²) in [6.45, 7) is -0.151. The minimum Gasteiger partial charge on any atom is -0.480 e. The molecule has 16 heavy (non-hydrogen) atoms. The van der Waals surface area contributed by atoms with Gasteiger partial charge in [0.25, 0.3) is 0 Å². The predicted molar refractivity (Wildman–Crippen MR) is 56.9 cm³/mol. The van der Waals surface area contributed by atoms with E-state index < -0.39 is 5.97 Å². The van der Waals surface area contributed by atoms with E-state index in [4.69, 9.17) is 5.11 Å². The first-order chi connectivity index (χ1) is 7.74. The maximum Gasteiger partial charge on any atom is 0.325 e. The number of hydrogen-bond donors (Lipinski definition) is 1. The Morgan fingerprint density at radius 2 is 2.06 bits per heavy atom. The van der Waals surface area contributed by atoms with E-state index in [-0.39, 0.29) is 6.54 Å². The van der Waals surface area contributed by atoms with Crippen molar-refractivity contribution < 1.29 is 9.90 Å². The lowest BCUT2D eigenvalue weighted by molar-refractivity contribution is -0.137. The minimum atomic E-state index is -0.920. The molecular formula is C11H11N3O2. The fraction of sp³-hybridized carbons (Fsp3) is 0.182. The van der Waals surface area contributed by atoms with Crippen LogP contribution in [-0.2, 0) is 17.8 Å². The molecule has 0 aliphatic carbocycles. The number of hydrogen-bond acceptors (Lipinski definition) is 3. The fourth-order valence-electron chi connectivity index (χ4n) is 1.41. The predicted octanol–water partition coefficient (Wildman–Crippen LogP) is 0.954. The highest BCUT2D eigenvalue weighted by Gasteiger charge is 2.04. The van der Waals surface area contributed by atoms with Crippen molar-refractivity contribution in [1.82, 2.24) is 14.8 Å². The van der Waals surface area contributed by atoms with Crippen LogP contribution in [0.4, 0.5) is 0 Å². The molecule has 0 spiro atoms. The number of benzene rings is 1. The van der Waals surface area contributed by atoms with Gasteiger partial charge in [-0.2, -0.15) is 5.10 Å². The van der Waals surface area contributed by atoms with Crippen molar-refractivity contribution in [2.45, 2.75) is 13.0 Å². The molecule has 0 aliphatic rings. The van der Waals surface area contributed by atoms with Crippen molar-refractivity contribution >= 4 is 5.97 Å². The zero-order valence-corrected chi connectivity index (χ0v) is 8.58. The van der Waals surface area contributed by atoms with Crippen LogP contribution in [0.5, 0.6) is 0 Å². The third-order valence-electron chi connectivity index (χ3n) is 2.09. The van der Waals surface area contributed by atoms with Crippen LogP contribution in [-0.4, -0.2) is 25.8 Å². The van der Waals surface area contributed by atoms with Crippen molar-refractivity contribution in [2.24, 2.45) is 0 Å². The molecule has 5 heteroatoms. The second-order valence-electron chi connectivity index (χ2n) is 3.41. The van der Waals surface area contributed by atoms with E-state index >= 15 is 0 Å². The maximum absolute atomic E-state index is 10.4. The zero-order chi connectivity index (χ0) is 11.4. The van der Waals surface area contributed by atoms with Gasteiger partial charge in [0.1, 0.15) is 12.9 Å². The first kappa shape index (κ1) is 10.4. The number of aromatic nitrogens is 3. The largest absolute Gasteiger partial charge is 0.480 e. The van der Waals surface area contributed by atoms with Crippen molar-refractivity contribution in [2.75, 3.05) is 0 Å². The Hall–Kier alpha value is -2.17. The van der Waals surface area contributed by atoms with Gasteiger partial charge in [-0.25, -0.2) is 9.67 Å². The van der Waals surface area contributed by atoms with Crippen LogP contribution in [0.2, 0.25) is 0 Å². The molecule has 1 N–H and O–H groups in total. The normalized spacial score (nSPS) is 10.2. The standard InChI is InChI=1S/C11H11N3O2/c15-11(16)7-14-8-12-10(13-14)6-9-4-2-1-3-5-9/h1-5,8H,6-7H2,(H,15,16). The number of carbonyl (C=O) groups is 1. The Labute approximate surface area is 92.4 Å². The lowest BCUT2D eigenvalue weighted by Crippen LogP contribution is -2.09. The molecule has 0 atom stereocenters. The summed E-state index contributed by atoms with van der Waals surface area (Å²) in [6.07, 6.45) is 2.06. The zero-order valence-electron chi connectivity index (χ0n) is 8.58. The van der Waals surface area contributed by atoms with E-state index in [1.54, 1.807) is 0 Å². The number of carboxylic acids is 1. The van der Waals surface area contributed by atoms with Crippen LogP contribution in [0.25, 0.3) is 0 Å². The Morgan fingerprint density at radius 3 is 2.75 bits per heavy atom. The van der Waals surface area contributed by atoms with Crippen LogP contribution in [0, 0.1) is 0 Å². The molecule has 0 bridgehead atoms. The van der Waals surface area contributed by atoms with Crippen LogP contribution in [0.15, 0.2) is 36.7 Å². The van der Waals surface area contributed by atoms with Gasteiger partial charge in [-0.05, 0) is 5.56 Å². The highest BCUT2D eigenvalue weighted by molar-refractivity contribution is 5.66. The molecule has 82 valence electrons. The topological polar surface area (TPSA) is 68.0 Å². The second kappa shape index (κ2) is 4.57. The molecule has 0 unspecified atom stereocenters. The quantitative estimate of drug-likeness (QED) is 0.828. The summed E-state index contributed by atoms with van der Waals surface area (Å²) < 4.78 is 1.32. The second-order valence-corrected chi connectivity index (χ2v) is 3.41. The summed E-state index contributed by atoms with van der Waals surface area (Å²) in [7, 11) is 0. The monoisotopic (exact) mass is 217 g/mol. The number of rotatable bonds is 4. The molecule has 0 aliphatic heterocycles. The van der Waals surface area contributed by atoms with Gasteiger partial charge in [-0.15, -0.1) is 0 Å². The SMILES string of the molecule is O=C(O)Cn1cnc(Cc2ccccc2)n1. The van der Waals surface area contributed by atoms with Crippen LogP contribution in [0.1, 0.15) is 11.4 Å². The van der Waals surface area contributed by atoms with Crippen molar-refractivity contribution in [3.8, 4) is 0 Å². The molecule has 0 saturated carbocycles. The van der Waals surface area contributed by atoms with E-state index in [0.717, 1.165) is 5.56 Å². The molecule has 0 fully saturated rings. The number of nitrogens with zero attached hydrogens (tertiary/aromatic N) is 3. The van der Waals surface area contributed by atoms with E-state index in [9.17, 15) is 4.79 Å². The molecule has 1 heterocycles. The Morgan fingerprint density at radius 1 is 1.31 bits per heavy atom. The molecule has 1 aromatic heterocycles. The van der Waals surface area contributed by atoms with Crippen LogP contribution < -0.4 is 0 Å². The van der Waals surface area contributed by atoms with Crippen molar-refractivity contribution in [1.29, 1.82) is 0 Å². The summed E-state index contributed by atoms with van der Waals surface area (Å²) in [6, 6.07) is 9.81. The molecular weight excluding hydrogens is 206 g/mol. The van der Waals surface area contributed by atoms with Crippen molar-refractivity contribution in [3.05, 3.63) is 48.0 Å². The minimum absolute atomic E-state index is 0.151. The molecule has 0 amide bonds. The van der Waals surface area contributed by atoms with Crippen LogP contribution in [0.3, 0.4) is 0 Å². The lowest BCUT2D eigenvalue weighted by atomic mass is 10.1. The van der Waals surface area contributed by atoms with Gasteiger partial charge < -0.3 is 5.11 Å². The number of aliphatic carboxylic acids is 1. The molecule has 5 nitrogen and oxygen atoms in total. The summed E-state index contributed by atoms with van der Waals surface area (Å²) in [5.41, 5.74) is 1.11. The van der Waals surface area contributed by atoms with Crippen LogP contribution >= 0.6 is 0 Å². The van der Waals surface area contributed by atoms with E-state index in [1.807, 2.05) is 30.3 Å². The summed E-state index contributed by atoms with van der Waals surface area (Å²) in [4.78, 5) is 14.5. The Balaban J connectivity index is 2.06. The molecule has 0 radical (unpaired) electrons. The maximum atomic E-state index is 10.4. The first-order valence-electron chi connectivity index (χ1n) is 4.88. The Bertz CT molecular complexity index is 479. The van der Waals surface area contributed by atoms with Crippen molar-refractivity contribution in [3.63, 3.8) is 0 Å². The van der Waals surface area contributed by atoms with Gasteiger partial charge in [0, 0.05) is 6.42 Å². The summed E-state index contributed by atoms with van der Waals surface area (Å²) >= 11 is 0. The highest BCUT2D eigenvalue weighted by Crippen LogP contribution is 2.04. The smallest absolute Gasteiger partial charge is 0.325 e. The summed E-state index contributed by atoms with van der Waals surface area (Å²) in [5, 5.41) is 12.6. The third-order valence-corrected chi connectivity index (χ3v) is 2.09. The lowest BCUT2D eigenvalue weighted by Gasteiger charge is -1.96. The van der Waals surface area contributed by atoms with Gasteiger partial charge in [-0.3, -0.25) is 4.79 Å². The molecule has 2 aromatic rings. The van der Waals surface area contributed by atoms with E-state index in [2.05, 4.69) is 10.1 Å². The van der Waals surface area contributed by atoms with Gasteiger partial charge >= 0.3 is 5.97 Å². The van der Waals surface area contributed by atoms with Gasteiger partial charge in [0.15, 0.2) is 5.82 Å². The summed E-state index contributed by atoms with van der Waals surface area (Å²) in [5.74, 6) is -0.288. The van der Waals surface area contributed by atoms with Gasteiger partial charge in [-0.1, -0.05) is 30.3 Å². The highest BCUT2D eigenvalue weighted by atomic mass is 16.4.